The molecular weight excluding hydrogens is 218 g/mol. The second-order valence-corrected chi connectivity index (χ2v) is 4.64. The van der Waals surface area contributed by atoms with E-state index in [2.05, 4.69) is 5.32 Å². The van der Waals surface area contributed by atoms with Gasteiger partial charge in [-0.15, -0.1) is 0 Å². The van der Waals surface area contributed by atoms with Crippen LogP contribution < -0.4 is 5.32 Å². The lowest BCUT2D eigenvalue weighted by Crippen LogP contribution is -2.39. The Bertz CT molecular complexity index is 436. The summed E-state index contributed by atoms with van der Waals surface area (Å²) in [5.74, 6) is 0.0765. The molecule has 92 valence electrons. The van der Waals surface area contributed by atoms with Crippen molar-refractivity contribution in [2.45, 2.75) is 32.3 Å². The highest BCUT2D eigenvalue weighted by molar-refractivity contribution is 5.97. The van der Waals surface area contributed by atoms with Crippen molar-refractivity contribution in [3.05, 3.63) is 23.8 Å². The van der Waals surface area contributed by atoms with Crippen LogP contribution in [0, 0.1) is 6.92 Å². The van der Waals surface area contributed by atoms with Crippen LogP contribution in [0.4, 0.5) is 5.69 Å². The fraction of sp³-hybridized carbons (Fsp3) is 0.462. The fourth-order valence-electron chi connectivity index (χ4n) is 2.00. The van der Waals surface area contributed by atoms with Crippen molar-refractivity contribution in [1.82, 2.24) is 0 Å². The highest BCUT2D eigenvalue weighted by atomic mass is 16.5. The number of phenols is 1. The lowest BCUT2D eigenvalue weighted by atomic mass is 10.0. The smallest absolute Gasteiger partial charge is 0.256 e. The summed E-state index contributed by atoms with van der Waals surface area (Å²) < 4.78 is 5.48. The van der Waals surface area contributed by atoms with Crippen LogP contribution in [0.1, 0.15) is 25.3 Å². The number of carbonyl (C=O) groups excluding carboxylic acids is 1. The van der Waals surface area contributed by atoms with Gasteiger partial charge in [0.05, 0.1) is 0 Å². The Morgan fingerprint density at radius 1 is 1.53 bits per heavy atom. The van der Waals surface area contributed by atoms with Crippen molar-refractivity contribution in [2.24, 2.45) is 0 Å². The number of aryl methyl sites for hydroxylation is 1. The van der Waals surface area contributed by atoms with Crippen molar-refractivity contribution in [1.29, 1.82) is 0 Å². The van der Waals surface area contributed by atoms with Crippen LogP contribution >= 0.6 is 0 Å². The lowest BCUT2D eigenvalue weighted by Gasteiger charge is -2.22. The number of nitrogens with one attached hydrogen (secondary N) is 1. The molecule has 1 aliphatic heterocycles. The number of benzene rings is 1. The Kier molecular flexibility index (Phi) is 3.07. The summed E-state index contributed by atoms with van der Waals surface area (Å²) in [6, 6.07) is 4.87. The van der Waals surface area contributed by atoms with E-state index in [4.69, 9.17) is 4.74 Å². The van der Waals surface area contributed by atoms with Crippen LogP contribution in [0.3, 0.4) is 0 Å². The Morgan fingerprint density at radius 3 is 2.88 bits per heavy atom. The molecular formula is C13H17NO3. The molecule has 1 unspecified atom stereocenters. The predicted octanol–water partition coefficient (Wildman–Crippen LogP) is 2.21. The maximum atomic E-state index is 12.1. The van der Waals surface area contributed by atoms with Crippen LogP contribution in [0.25, 0.3) is 0 Å². The van der Waals surface area contributed by atoms with E-state index in [1.54, 1.807) is 18.2 Å². The first-order valence-corrected chi connectivity index (χ1v) is 5.76. The van der Waals surface area contributed by atoms with Crippen molar-refractivity contribution in [2.75, 3.05) is 11.9 Å². The first kappa shape index (κ1) is 11.9. The van der Waals surface area contributed by atoms with Crippen LogP contribution in [0.2, 0.25) is 0 Å². The van der Waals surface area contributed by atoms with Gasteiger partial charge in [0.15, 0.2) is 0 Å². The zero-order chi connectivity index (χ0) is 12.5. The number of rotatable bonds is 2. The Morgan fingerprint density at radius 2 is 2.29 bits per heavy atom. The minimum Gasteiger partial charge on any atom is -0.508 e. The Hall–Kier alpha value is -1.55. The molecule has 1 saturated heterocycles. The number of hydrogen-bond donors (Lipinski definition) is 2. The second-order valence-electron chi connectivity index (χ2n) is 4.64. The van der Waals surface area contributed by atoms with Crippen LogP contribution in [0.15, 0.2) is 18.2 Å². The third-order valence-electron chi connectivity index (χ3n) is 3.16. The maximum absolute atomic E-state index is 12.1. The maximum Gasteiger partial charge on any atom is 0.256 e. The number of anilines is 1. The topological polar surface area (TPSA) is 58.6 Å². The summed E-state index contributed by atoms with van der Waals surface area (Å²) in [6.45, 7) is 4.29. The van der Waals surface area contributed by atoms with E-state index < -0.39 is 5.60 Å². The molecule has 1 aromatic rings. The molecule has 0 radical (unpaired) electrons. The van der Waals surface area contributed by atoms with E-state index in [0.29, 0.717) is 12.3 Å². The summed E-state index contributed by atoms with van der Waals surface area (Å²) in [6.07, 6.45) is 1.66. The molecule has 4 nitrogen and oxygen atoms in total. The van der Waals surface area contributed by atoms with E-state index in [9.17, 15) is 9.90 Å². The molecule has 1 aromatic carbocycles. The fourth-order valence-corrected chi connectivity index (χ4v) is 2.00. The SMILES string of the molecule is Cc1cc(O)ccc1NC(=O)C1(C)CCCO1. The van der Waals surface area contributed by atoms with Crippen LogP contribution in [0.5, 0.6) is 5.75 Å². The molecule has 17 heavy (non-hydrogen) atoms. The lowest BCUT2D eigenvalue weighted by molar-refractivity contribution is -0.133. The molecule has 1 amide bonds. The second kappa shape index (κ2) is 4.37. The highest BCUT2D eigenvalue weighted by Crippen LogP contribution is 2.28. The van der Waals surface area contributed by atoms with Gasteiger partial charge in [-0.2, -0.15) is 0 Å². The largest absolute Gasteiger partial charge is 0.508 e. The van der Waals surface area contributed by atoms with Gasteiger partial charge < -0.3 is 15.2 Å². The van der Waals surface area contributed by atoms with Crippen LogP contribution in [-0.4, -0.2) is 23.2 Å². The molecule has 2 rings (SSSR count). The van der Waals surface area contributed by atoms with Gasteiger partial charge in [-0.05, 0) is 50.5 Å². The summed E-state index contributed by atoms with van der Waals surface area (Å²) in [5.41, 5.74) is 0.828. The number of carbonyl (C=O) groups is 1. The van der Waals surface area contributed by atoms with Gasteiger partial charge in [0.2, 0.25) is 0 Å². The average molecular weight is 235 g/mol. The highest BCUT2D eigenvalue weighted by Gasteiger charge is 2.37. The van der Waals surface area contributed by atoms with E-state index in [1.165, 1.54) is 0 Å². The standard InChI is InChI=1S/C13H17NO3/c1-9-8-10(15)4-5-11(9)14-12(16)13(2)6-3-7-17-13/h4-5,8,15H,3,6-7H2,1-2H3,(H,14,16). The summed E-state index contributed by atoms with van der Waals surface area (Å²) in [7, 11) is 0. The summed E-state index contributed by atoms with van der Waals surface area (Å²) in [5, 5.41) is 12.1. The zero-order valence-electron chi connectivity index (χ0n) is 10.1. The third-order valence-corrected chi connectivity index (χ3v) is 3.16. The third kappa shape index (κ3) is 2.42. The van der Waals surface area contributed by atoms with Crippen molar-refractivity contribution in [3.63, 3.8) is 0 Å². The summed E-state index contributed by atoms with van der Waals surface area (Å²) in [4.78, 5) is 12.1. The molecule has 1 heterocycles. The molecule has 1 fully saturated rings. The van der Waals surface area contributed by atoms with E-state index in [1.807, 2.05) is 13.8 Å². The van der Waals surface area contributed by atoms with Crippen molar-refractivity contribution in [3.8, 4) is 5.75 Å². The van der Waals surface area contributed by atoms with Crippen molar-refractivity contribution >= 4 is 11.6 Å². The number of hydrogen-bond acceptors (Lipinski definition) is 3. The molecule has 0 bridgehead atoms. The summed E-state index contributed by atoms with van der Waals surface area (Å²) >= 11 is 0. The van der Waals surface area contributed by atoms with E-state index in [-0.39, 0.29) is 11.7 Å². The van der Waals surface area contributed by atoms with E-state index >= 15 is 0 Å². The monoisotopic (exact) mass is 235 g/mol. The predicted molar refractivity (Wildman–Crippen MR) is 65.1 cm³/mol. The van der Waals surface area contributed by atoms with Gasteiger partial charge in [-0.1, -0.05) is 0 Å². The van der Waals surface area contributed by atoms with Gasteiger partial charge >= 0.3 is 0 Å². The van der Waals surface area contributed by atoms with Crippen LogP contribution in [-0.2, 0) is 9.53 Å². The van der Waals surface area contributed by atoms with Gasteiger partial charge in [0.25, 0.3) is 5.91 Å². The molecule has 0 saturated carbocycles. The quantitative estimate of drug-likeness (QED) is 0.773. The number of amides is 1. The molecule has 0 aromatic heterocycles. The minimum atomic E-state index is -0.718. The molecule has 1 atom stereocenters. The van der Waals surface area contributed by atoms with Crippen molar-refractivity contribution < 1.29 is 14.6 Å². The van der Waals surface area contributed by atoms with Gasteiger partial charge in [-0.3, -0.25) is 4.79 Å². The minimum absolute atomic E-state index is 0.121. The molecule has 0 spiro atoms. The molecule has 4 heteroatoms. The molecule has 1 aliphatic rings. The van der Waals surface area contributed by atoms with E-state index in [0.717, 1.165) is 18.4 Å². The average Bonchev–Trinajstić information content (AvgIpc) is 2.71. The first-order chi connectivity index (χ1) is 8.01. The number of aromatic hydroxyl groups is 1. The molecule has 0 aliphatic carbocycles. The Balaban J connectivity index is 2.13. The first-order valence-electron chi connectivity index (χ1n) is 5.76. The number of ether oxygens (including phenoxy) is 1. The number of phenolic OH excluding ortho intramolecular Hbond substituents is 1. The zero-order valence-corrected chi connectivity index (χ0v) is 10.1. The molecule has 2 N–H and O–H groups in total. The van der Waals surface area contributed by atoms with Gasteiger partial charge in [0, 0.05) is 12.3 Å². The Labute approximate surface area is 101 Å². The normalized spacial score (nSPS) is 23.6. The van der Waals surface area contributed by atoms with Gasteiger partial charge in [0.1, 0.15) is 11.4 Å². The van der Waals surface area contributed by atoms with Gasteiger partial charge in [-0.25, -0.2) is 0 Å².